The van der Waals surface area contributed by atoms with Gasteiger partial charge in [0.1, 0.15) is 0 Å². The molecule has 0 spiro atoms. The van der Waals surface area contributed by atoms with Crippen molar-refractivity contribution in [3.8, 4) is 17.1 Å². The van der Waals surface area contributed by atoms with Gasteiger partial charge in [-0.1, -0.05) is 53.7 Å². The number of para-hydroxylation sites is 1. The maximum atomic E-state index is 6.18. The highest BCUT2D eigenvalue weighted by atomic mass is 35.5. The fourth-order valence-electron chi connectivity index (χ4n) is 2.60. The molecule has 0 aliphatic carbocycles. The number of aromatic nitrogens is 4. The first kappa shape index (κ1) is 16.9. The first-order valence-corrected chi connectivity index (χ1v) is 9.38. The van der Waals surface area contributed by atoms with Gasteiger partial charge in [-0.05, 0) is 30.7 Å². The van der Waals surface area contributed by atoms with E-state index in [0.717, 1.165) is 16.4 Å². The molecule has 0 unspecified atom stereocenters. The number of hydrogen-bond donors (Lipinski definition) is 0. The molecule has 0 N–H and O–H groups in total. The Morgan fingerprint density at radius 3 is 2.73 bits per heavy atom. The third-order valence-electron chi connectivity index (χ3n) is 3.88. The zero-order chi connectivity index (χ0) is 17.9. The van der Waals surface area contributed by atoms with Crippen LogP contribution in [0.3, 0.4) is 0 Å². The third-order valence-corrected chi connectivity index (χ3v) is 5.16. The summed E-state index contributed by atoms with van der Waals surface area (Å²) < 4.78 is 7.81. The van der Waals surface area contributed by atoms with Crippen LogP contribution in [0.5, 0.6) is 0 Å². The topological polar surface area (TPSA) is 56.7 Å². The summed E-state index contributed by atoms with van der Waals surface area (Å²) in [5, 5.41) is 9.68. The summed E-state index contributed by atoms with van der Waals surface area (Å²) in [6, 6.07) is 15.6. The Morgan fingerprint density at radius 2 is 1.88 bits per heavy atom. The Hall–Kier alpha value is -2.57. The predicted octanol–water partition coefficient (Wildman–Crippen LogP) is 5.18. The second kappa shape index (κ2) is 7.35. The smallest absolute Gasteiger partial charge is 0.249 e. The van der Waals surface area contributed by atoms with Crippen LogP contribution in [0.1, 0.15) is 11.5 Å². The van der Waals surface area contributed by atoms with Crippen molar-refractivity contribution < 1.29 is 4.42 Å². The number of halogens is 1. The minimum absolute atomic E-state index is 0.424. The van der Waals surface area contributed by atoms with Gasteiger partial charge in [-0.25, -0.2) is 4.98 Å². The molecule has 4 rings (SSSR count). The Morgan fingerprint density at radius 1 is 1.08 bits per heavy atom. The number of benzene rings is 2. The second-order valence-electron chi connectivity index (χ2n) is 5.64. The molecule has 0 radical (unpaired) electrons. The zero-order valence-electron chi connectivity index (χ0n) is 14.0. The number of nitrogens with zero attached hydrogens (tertiary/aromatic N) is 4. The van der Waals surface area contributed by atoms with E-state index in [4.69, 9.17) is 16.0 Å². The maximum Gasteiger partial charge on any atom is 0.249 e. The number of thioether (sulfide) groups is 1. The van der Waals surface area contributed by atoms with E-state index >= 15 is 0 Å². The van der Waals surface area contributed by atoms with Gasteiger partial charge in [0.05, 0.1) is 22.0 Å². The monoisotopic (exact) mass is 382 g/mol. The standard InChI is InChI=1S/C19H15ClN4OS/c1-13-6-2-5-9-16(13)24-11-10-21-19(24)26-12-17-22-23-18(25-17)14-7-3-4-8-15(14)20/h2-11H,12H2,1H3. The Kier molecular flexibility index (Phi) is 4.77. The lowest BCUT2D eigenvalue weighted by Crippen LogP contribution is -1.97. The van der Waals surface area contributed by atoms with Gasteiger partial charge in [0, 0.05) is 12.4 Å². The molecular weight excluding hydrogens is 368 g/mol. The van der Waals surface area contributed by atoms with Crippen molar-refractivity contribution in [3.05, 3.63) is 77.4 Å². The first-order valence-electron chi connectivity index (χ1n) is 8.02. The van der Waals surface area contributed by atoms with E-state index in [9.17, 15) is 0 Å². The van der Waals surface area contributed by atoms with Crippen LogP contribution in [0, 0.1) is 6.92 Å². The average molecular weight is 383 g/mol. The first-order chi connectivity index (χ1) is 12.7. The predicted molar refractivity (Wildman–Crippen MR) is 103 cm³/mol. The quantitative estimate of drug-likeness (QED) is 0.445. The molecule has 0 aliphatic heterocycles. The summed E-state index contributed by atoms with van der Waals surface area (Å²) in [5.41, 5.74) is 3.03. The summed E-state index contributed by atoms with van der Waals surface area (Å²) in [4.78, 5) is 4.44. The van der Waals surface area contributed by atoms with E-state index in [1.165, 1.54) is 5.56 Å². The number of aryl methyl sites for hydroxylation is 1. The van der Waals surface area contributed by atoms with Crippen LogP contribution >= 0.6 is 23.4 Å². The number of rotatable bonds is 5. The fourth-order valence-corrected chi connectivity index (χ4v) is 3.61. The average Bonchev–Trinajstić information content (AvgIpc) is 3.30. The van der Waals surface area contributed by atoms with Gasteiger partial charge >= 0.3 is 0 Å². The molecule has 5 nitrogen and oxygen atoms in total. The van der Waals surface area contributed by atoms with Crippen molar-refractivity contribution in [1.29, 1.82) is 0 Å². The molecule has 0 saturated carbocycles. The van der Waals surface area contributed by atoms with Crippen LogP contribution in [-0.2, 0) is 5.75 Å². The summed E-state index contributed by atoms with van der Waals surface area (Å²) >= 11 is 7.73. The summed E-state index contributed by atoms with van der Waals surface area (Å²) in [7, 11) is 0. The lowest BCUT2D eigenvalue weighted by Gasteiger charge is -2.09. The normalized spacial score (nSPS) is 11.0. The van der Waals surface area contributed by atoms with Crippen molar-refractivity contribution in [1.82, 2.24) is 19.7 Å². The molecule has 0 atom stereocenters. The van der Waals surface area contributed by atoms with Crippen LogP contribution in [0.2, 0.25) is 5.02 Å². The summed E-state index contributed by atoms with van der Waals surface area (Å²) in [6.07, 6.45) is 3.74. The van der Waals surface area contributed by atoms with Gasteiger partial charge in [0.25, 0.3) is 0 Å². The minimum Gasteiger partial charge on any atom is -0.420 e. The zero-order valence-corrected chi connectivity index (χ0v) is 15.5. The summed E-state index contributed by atoms with van der Waals surface area (Å²) in [6.45, 7) is 2.08. The molecule has 0 amide bonds. The molecule has 2 aromatic heterocycles. The molecule has 4 aromatic rings. The second-order valence-corrected chi connectivity index (χ2v) is 6.99. The Bertz CT molecular complexity index is 1040. The molecule has 2 aromatic carbocycles. The van der Waals surface area contributed by atoms with E-state index in [1.54, 1.807) is 24.0 Å². The van der Waals surface area contributed by atoms with Crippen LogP contribution in [0.25, 0.3) is 17.1 Å². The Balaban J connectivity index is 1.52. The van der Waals surface area contributed by atoms with Crippen molar-refractivity contribution in [2.75, 3.05) is 0 Å². The van der Waals surface area contributed by atoms with Crippen molar-refractivity contribution >= 4 is 23.4 Å². The van der Waals surface area contributed by atoms with Crippen molar-refractivity contribution in [2.45, 2.75) is 17.8 Å². The van der Waals surface area contributed by atoms with Crippen LogP contribution in [0.15, 0.2) is 70.5 Å². The molecule has 0 bridgehead atoms. The van der Waals surface area contributed by atoms with E-state index in [2.05, 4.69) is 38.8 Å². The molecule has 0 saturated heterocycles. The molecule has 0 aliphatic rings. The minimum atomic E-state index is 0.424. The molecule has 0 fully saturated rings. The van der Waals surface area contributed by atoms with Gasteiger partial charge in [0.15, 0.2) is 5.16 Å². The highest BCUT2D eigenvalue weighted by Gasteiger charge is 2.13. The molecule has 7 heteroatoms. The number of hydrogen-bond acceptors (Lipinski definition) is 5. The van der Waals surface area contributed by atoms with Gasteiger partial charge in [-0.2, -0.15) is 0 Å². The molecule has 130 valence electrons. The lowest BCUT2D eigenvalue weighted by atomic mass is 10.2. The molecule has 26 heavy (non-hydrogen) atoms. The van der Waals surface area contributed by atoms with E-state index in [0.29, 0.717) is 22.6 Å². The maximum absolute atomic E-state index is 6.18. The largest absolute Gasteiger partial charge is 0.420 e. The Labute approximate surface area is 160 Å². The highest BCUT2D eigenvalue weighted by Crippen LogP contribution is 2.29. The van der Waals surface area contributed by atoms with Crippen molar-refractivity contribution in [3.63, 3.8) is 0 Å². The molecule has 2 heterocycles. The van der Waals surface area contributed by atoms with Gasteiger partial charge in [-0.3, -0.25) is 4.57 Å². The van der Waals surface area contributed by atoms with Crippen LogP contribution in [-0.4, -0.2) is 19.7 Å². The van der Waals surface area contributed by atoms with Crippen molar-refractivity contribution in [2.24, 2.45) is 0 Å². The number of imidazole rings is 1. The summed E-state index contributed by atoms with van der Waals surface area (Å²) in [5.74, 6) is 1.48. The van der Waals surface area contributed by atoms with Crippen LogP contribution < -0.4 is 0 Å². The van der Waals surface area contributed by atoms with Gasteiger partial charge < -0.3 is 4.42 Å². The molecular formula is C19H15ClN4OS. The fraction of sp³-hybridized carbons (Fsp3) is 0.105. The lowest BCUT2D eigenvalue weighted by molar-refractivity contribution is 0.528. The van der Waals surface area contributed by atoms with Crippen LogP contribution in [0.4, 0.5) is 0 Å². The van der Waals surface area contributed by atoms with E-state index in [1.807, 2.05) is 36.5 Å². The van der Waals surface area contributed by atoms with E-state index in [-0.39, 0.29) is 0 Å². The SMILES string of the molecule is Cc1ccccc1-n1ccnc1SCc1nnc(-c2ccccc2Cl)o1. The van der Waals surface area contributed by atoms with Gasteiger partial charge in [0.2, 0.25) is 11.8 Å². The highest BCUT2D eigenvalue weighted by molar-refractivity contribution is 7.98. The third kappa shape index (κ3) is 3.38. The van der Waals surface area contributed by atoms with Gasteiger partial charge in [-0.15, -0.1) is 10.2 Å². The van der Waals surface area contributed by atoms with E-state index < -0.39 is 0 Å².